The molecule has 2 N–H and O–H groups in total. The minimum Gasteiger partial charge on any atom is -0.493 e. The highest BCUT2D eigenvalue weighted by molar-refractivity contribution is 7.99. The molecule has 1 atom stereocenters. The molecule has 1 aliphatic rings. The van der Waals surface area contributed by atoms with Gasteiger partial charge in [0.15, 0.2) is 0 Å². The van der Waals surface area contributed by atoms with Crippen molar-refractivity contribution in [3.63, 3.8) is 0 Å². The van der Waals surface area contributed by atoms with Crippen molar-refractivity contribution in [2.45, 2.75) is 45.1 Å². The fraction of sp³-hybridized carbons (Fsp3) is 0.556. The van der Waals surface area contributed by atoms with Crippen molar-refractivity contribution in [1.29, 1.82) is 0 Å². The molecule has 1 amide bonds. The molecule has 0 radical (unpaired) electrons. The van der Waals surface area contributed by atoms with Crippen LogP contribution in [-0.4, -0.2) is 40.6 Å². The van der Waals surface area contributed by atoms with Gasteiger partial charge in [-0.25, -0.2) is 4.79 Å². The molecule has 0 saturated carbocycles. The molecule has 1 unspecified atom stereocenters. The van der Waals surface area contributed by atoms with Gasteiger partial charge in [0.05, 0.1) is 6.61 Å². The van der Waals surface area contributed by atoms with Crippen LogP contribution < -0.4 is 10.1 Å². The van der Waals surface area contributed by atoms with Gasteiger partial charge in [0.25, 0.3) is 0 Å². The van der Waals surface area contributed by atoms with E-state index in [1.807, 2.05) is 32.0 Å². The molecule has 1 aromatic rings. The number of carboxylic acids is 1. The average Bonchev–Trinajstić information content (AvgIpc) is 3.00. The summed E-state index contributed by atoms with van der Waals surface area (Å²) in [6, 6.07) is 6.09. The second kappa shape index (κ2) is 8.42. The van der Waals surface area contributed by atoms with Crippen LogP contribution in [0.2, 0.25) is 0 Å². The van der Waals surface area contributed by atoms with Gasteiger partial charge in [-0.2, -0.15) is 11.8 Å². The van der Waals surface area contributed by atoms with E-state index in [2.05, 4.69) is 5.32 Å². The third-order valence-corrected chi connectivity index (χ3v) is 5.40. The standard InChI is InChI=1S/C18H25NO4S/c1-13-6-7-14(2)15(11-13)23-9-4-3-5-16(20)19-18(17(21)22)8-10-24-12-18/h6-7,11H,3-5,8-10,12H2,1-2H3,(H,19,20)(H,21,22). The second-order valence-electron chi connectivity index (χ2n) is 6.31. The van der Waals surface area contributed by atoms with Gasteiger partial charge < -0.3 is 15.2 Å². The molecular weight excluding hydrogens is 326 g/mol. The Kier molecular flexibility index (Phi) is 6.54. The number of ether oxygens (including phenoxy) is 1. The normalized spacial score (nSPS) is 19.9. The van der Waals surface area contributed by atoms with Crippen molar-refractivity contribution in [2.75, 3.05) is 18.1 Å². The lowest BCUT2D eigenvalue weighted by atomic mass is 9.99. The molecule has 5 nitrogen and oxygen atoms in total. The molecule has 0 aromatic heterocycles. The number of hydrogen-bond acceptors (Lipinski definition) is 4. The monoisotopic (exact) mass is 351 g/mol. The minimum absolute atomic E-state index is 0.188. The first-order chi connectivity index (χ1) is 11.4. The van der Waals surface area contributed by atoms with Gasteiger partial charge in [0.1, 0.15) is 11.3 Å². The van der Waals surface area contributed by atoms with Crippen LogP contribution in [0.5, 0.6) is 5.75 Å². The number of carbonyl (C=O) groups excluding carboxylic acids is 1. The maximum Gasteiger partial charge on any atom is 0.330 e. The fourth-order valence-corrected chi connectivity index (χ4v) is 3.97. The van der Waals surface area contributed by atoms with Crippen LogP contribution in [0.4, 0.5) is 0 Å². The van der Waals surface area contributed by atoms with Crippen LogP contribution in [0.1, 0.15) is 36.8 Å². The molecule has 6 heteroatoms. The molecule has 1 fully saturated rings. The molecule has 132 valence electrons. The number of aryl methyl sites for hydroxylation is 2. The number of rotatable bonds is 8. The van der Waals surface area contributed by atoms with Crippen LogP contribution in [0.25, 0.3) is 0 Å². The van der Waals surface area contributed by atoms with E-state index in [-0.39, 0.29) is 5.91 Å². The Hall–Kier alpha value is -1.69. The Morgan fingerprint density at radius 1 is 1.33 bits per heavy atom. The summed E-state index contributed by atoms with van der Waals surface area (Å²) in [4.78, 5) is 23.4. The van der Waals surface area contributed by atoms with Crippen molar-refractivity contribution in [2.24, 2.45) is 0 Å². The maximum absolute atomic E-state index is 12.0. The van der Waals surface area contributed by atoms with E-state index in [0.29, 0.717) is 31.6 Å². The summed E-state index contributed by atoms with van der Waals surface area (Å²) in [5.74, 6) is 0.984. The largest absolute Gasteiger partial charge is 0.493 e. The second-order valence-corrected chi connectivity index (χ2v) is 7.42. The van der Waals surface area contributed by atoms with Crippen molar-refractivity contribution in [1.82, 2.24) is 5.32 Å². The molecule has 1 saturated heterocycles. The first kappa shape index (κ1) is 18.6. The number of unbranched alkanes of at least 4 members (excludes halogenated alkanes) is 1. The first-order valence-corrected chi connectivity index (χ1v) is 9.41. The summed E-state index contributed by atoms with van der Waals surface area (Å²) >= 11 is 1.57. The molecule has 0 bridgehead atoms. The number of aliphatic carboxylic acids is 1. The van der Waals surface area contributed by atoms with Gasteiger partial charge in [-0.3, -0.25) is 4.79 Å². The highest BCUT2D eigenvalue weighted by atomic mass is 32.2. The molecule has 0 aliphatic carbocycles. The number of amides is 1. The molecule has 1 aliphatic heterocycles. The Morgan fingerprint density at radius 2 is 2.12 bits per heavy atom. The molecular formula is C18H25NO4S. The fourth-order valence-electron chi connectivity index (χ4n) is 2.65. The van der Waals surface area contributed by atoms with Crippen LogP contribution in [-0.2, 0) is 9.59 Å². The number of nitrogens with one attached hydrogen (secondary N) is 1. The molecule has 0 spiro atoms. The SMILES string of the molecule is Cc1ccc(C)c(OCCCCC(=O)NC2(C(=O)O)CCSC2)c1. The summed E-state index contributed by atoms with van der Waals surface area (Å²) in [5, 5.41) is 12.1. The van der Waals surface area contributed by atoms with Crippen LogP contribution in [0.15, 0.2) is 18.2 Å². The van der Waals surface area contributed by atoms with Gasteiger partial charge in [-0.1, -0.05) is 12.1 Å². The summed E-state index contributed by atoms with van der Waals surface area (Å²) in [5.41, 5.74) is 1.18. The summed E-state index contributed by atoms with van der Waals surface area (Å²) in [7, 11) is 0. The lowest BCUT2D eigenvalue weighted by molar-refractivity contribution is -0.146. The zero-order valence-electron chi connectivity index (χ0n) is 14.3. The lowest BCUT2D eigenvalue weighted by Gasteiger charge is -2.24. The number of benzene rings is 1. The molecule has 1 heterocycles. The van der Waals surface area contributed by atoms with E-state index in [9.17, 15) is 14.7 Å². The van der Waals surface area contributed by atoms with Gasteiger partial charge in [0, 0.05) is 12.2 Å². The first-order valence-electron chi connectivity index (χ1n) is 8.25. The van der Waals surface area contributed by atoms with Gasteiger partial charge in [0.2, 0.25) is 5.91 Å². The van der Waals surface area contributed by atoms with Crippen molar-refractivity contribution in [3.05, 3.63) is 29.3 Å². The van der Waals surface area contributed by atoms with E-state index in [4.69, 9.17) is 4.74 Å². The van der Waals surface area contributed by atoms with Crippen molar-refractivity contribution in [3.8, 4) is 5.75 Å². The highest BCUT2D eigenvalue weighted by Crippen LogP contribution is 2.28. The Labute approximate surface area is 147 Å². The average molecular weight is 351 g/mol. The van der Waals surface area contributed by atoms with E-state index in [1.54, 1.807) is 11.8 Å². The van der Waals surface area contributed by atoms with E-state index < -0.39 is 11.5 Å². The zero-order chi connectivity index (χ0) is 17.6. The Balaban J connectivity index is 1.69. The third kappa shape index (κ3) is 4.90. The lowest BCUT2D eigenvalue weighted by Crippen LogP contribution is -2.54. The summed E-state index contributed by atoms with van der Waals surface area (Å²) in [6.07, 6.45) is 2.26. The van der Waals surface area contributed by atoms with Gasteiger partial charge in [-0.05, 0) is 56.1 Å². The predicted molar refractivity (Wildman–Crippen MR) is 95.7 cm³/mol. The number of thioether (sulfide) groups is 1. The molecule has 24 heavy (non-hydrogen) atoms. The third-order valence-electron chi connectivity index (χ3n) is 4.21. The molecule has 1 aromatic carbocycles. The summed E-state index contributed by atoms with van der Waals surface area (Å²) in [6.45, 7) is 4.58. The van der Waals surface area contributed by atoms with Crippen molar-refractivity contribution < 1.29 is 19.4 Å². The van der Waals surface area contributed by atoms with E-state index in [1.165, 1.54) is 0 Å². The number of carboxylic acid groups (broad SMARTS) is 1. The number of carbonyl (C=O) groups is 2. The maximum atomic E-state index is 12.0. The summed E-state index contributed by atoms with van der Waals surface area (Å²) < 4.78 is 5.76. The van der Waals surface area contributed by atoms with Crippen molar-refractivity contribution >= 4 is 23.6 Å². The quantitative estimate of drug-likeness (QED) is 0.704. The van der Waals surface area contributed by atoms with Crippen LogP contribution >= 0.6 is 11.8 Å². The van der Waals surface area contributed by atoms with Crippen LogP contribution in [0.3, 0.4) is 0 Å². The van der Waals surface area contributed by atoms with E-state index in [0.717, 1.165) is 29.1 Å². The molecule has 2 rings (SSSR count). The Bertz CT molecular complexity index is 597. The van der Waals surface area contributed by atoms with Gasteiger partial charge >= 0.3 is 5.97 Å². The number of hydrogen-bond donors (Lipinski definition) is 2. The van der Waals surface area contributed by atoms with Gasteiger partial charge in [-0.15, -0.1) is 0 Å². The highest BCUT2D eigenvalue weighted by Gasteiger charge is 2.42. The predicted octanol–water partition coefficient (Wildman–Crippen LogP) is 2.93. The topological polar surface area (TPSA) is 75.6 Å². The minimum atomic E-state index is -1.07. The zero-order valence-corrected chi connectivity index (χ0v) is 15.1. The smallest absolute Gasteiger partial charge is 0.330 e. The Morgan fingerprint density at radius 3 is 2.79 bits per heavy atom. The van der Waals surface area contributed by atoms with Crippen LogP contribution in [0, 0.1) is 13.8 Å². The van der Waals surface area contributed by atoms with E-state index >= 15 is 0 Å².